The number of methoxy groups -OCH3 is 2. The van der Waals surface area contributed by atoms with Crippen LogP contribution < -0.4 is 5.73 Å². The van der Waals surface area contributed by atoms with Gasteiger partial charge in [0.2, 0.25) is 0 Å². The fraction of sp³-hybridized carbons (Fsp3) is 0.462. The second kappa shape index (κ2) is 7.17. The quantitative estimate of drug-likeness (QED) is 0.731. The SMILES string of the molecule is COCC(OC)c1ccc(C(=O)CCN)cc1. The van der Waals surface area contributed by atoms with Crippen molar-refractivity contribution in [3.8, 4) is 0 Å². The van der Waals surface area contributed by atoms with Crippen molar-refractivity contribution in [1.29, 1.82) is 0 Å². The van der Waals surface area contributed by atoms with E-state index in [9.17, 15) is 4.79 Å². The van der Waals surface area contributed by atoms with Gasteiger partial charge in [-0.3, -0.25) is 4.79 Å². The highest BCUT2D eigenvalue weighted by atomic mass is 16.5. The molecule has 0 aliphatic carbocycles. The van der Waals surface area contributed by atoms with Gasteiger partial charge in [0.05, 0.1) is 6.61 Å². The number of carbonyl (C=O) groups excluding carboxylic acids is 1. The van der Waals surface area contributed by atoms with E-state index in [1.165, 1.54) is 0 Å². The van der Waals surface area contributed by atoms with Crippen molar-refractivity contribution in [2.24, 2.45) is 5.73 Å². The predicted molar refractivity (Wildman–Crippen MR) is 66.1 cm³/mol. The molecule has 0 saturated heterocycles. The van der Waals surface area contributed by atoms with E-state index in [4.69, 9.17) is 15.2 Å². The minimum atomic E-state index is -0.0985. The number of hydrogen-bond donors (Lipinski definition) is 1. The molecule has 0 aliphatic rings. The first-order valence-corrected chi connectivity index (χ1v) is 5.58. The van der Waals surface area contributed by atoms with Gasteiger partial charge >= 0.3 is 0 Å². The summed E-state index contributed by atoms with van der Waals surface area (Å²) in [5.41, 5.74) is 7.03. The highest BCUT2D eigenvalue weighted by Crippen LogP contribution is 2.18. The van der Waals surface area contributed by atoms with E-state index >= 15 is 0 Å². The standard InChI is InChI=1S/C13H19NO3/c1-16-9-13(17-2)11-5-3-10(4-6-11)12(15)7-8-14/h3-6,13H,7-9,14H2,1-2H3. The van der Waals surface area contributed by atoms with Crippen molar-refractivity contribution >= 4 is 5.78 Å². The summed E-state index contributed by atoms with van der Waals surface area (Å²) in [5.74, 6) is 0.0692. The maximum atomic E-state index is 11.6. The number of rotatable bonds is 7. The van der Waals surface area contributed by atoms with Crippen LogP contribution >= 0.6 is 0 Å². The Bertz CT molecular complexity index is 348. The Morgan fingerprint density at radius 1 is 1.29 bits per heavy atom. The molecular weight excluding hydrogens is 218 g/mol. The molecule has 0 saturated carbocycles. The molecule has 2 N–H and O–H groups in total. The molecule has 1 aromatic rings. The molecule has 0 spiro atoms. The van der Waals surface area contributed by atoms with Gasteiger partial charge in [0.1, 0.15) is 6.10 Å². The van der Waals surface area contributed by atoms with Gasteiger partial charge in [-0.2, -0.15) is 0 Å². The van der Waals surface area contributed by atoms with Gasteiger partial charge < -0.3 is 15.2 Å². The van der Waals surface area contributed by atoms with E-state index < -0.39 is 0 Å². The maximum Gasteiger partial charge on any atom is 0.164 e. The molecule has 1 atom stereocenters. The lowest BCUT2D eigenvalue weighted by atomic mass is 10.0. The van der Waals surface area contributed by atoms with Gasteiger partial charge in [0, 0.05) is 26.2 Å². The maximum absolute atomic E-state index is 11.6. The molecule has 4 heteroatoms. The third-order valence-corrected chi connectivity index (χ3v) is 2.58. The molecule has 0 amide bonds. The zero-order valence-electron chi connectivity index (χ0n) is 10.3. The van der Waals surface area contributed by atoms with Gasteiger partial charge in [-0.15, -0.1) is 0 Å². The molecule has 0 radical (unpaired) electrons. The number of nitrogens with two attached hydrogens (primary N) is 1. The van der Waals surface area contributed by atoms with Crippen LogP contribution in [-0.2, 0) is 9.47 Å². The summed E-state index contributed by atoms with van der Waals surface area (Å²) >= 11 is 0. The summed E-state index contributed by atoms with van der Waals surface area (Å²) in [6, 6.07) is 7.37. The molecule has 0 bridgehead atoms. The lowest BCUT2D eigenvalue weighted by molar-refractivity contribution is 0.0275. The first-order chi connectivity index (χ1) is 8.22. The van der Waals surface area contributed by atoms with E-state index in [1.54, 1.807) is 26.4 Å². The fourth-order valence-corrected chi connectivity index (χ4v) is 1.61. The molecule has 17 heavy (non-hydrogen) atoms. The van der Waals surface area contributed by atoms with Crippen LogP contribution in [0.15, 0.2) is 24.3 Å². The molecule has 0 heterocycles. The summed E-state index contributed by atoms with van der Waals surface area (Å²) in [4.78, 5) is 11.6. The molecule has 0 fully saturated rings. The number of Topliss-reactive ketones (excluding diaryl/α,β-unsaturated/α-hetero) is 1. The number of carbonyl (C=O) groups is 1. The third-order valence-electron chi connectivity index (χ3n) is 2.58. The van der Waals surface area contributed by atoms with Gasteiger partial charge in [0.25, 0.3) is 0 Å². The van der Waals surface area contributed by atoms with Crippen molar-refractivity contribution in [2.75, 3.05) is 27.4 Å². The zero-order chi connectivity index (χ0) is 12.7. The fourth-order valence-electron chi connectivity index (χ4n) is 1.61. The predicted octanol–water partition coefficient (Wildman–Crippen LogP) is 1.55. The zero-order valence-corrected chi connectivity index (χ0v) is 10.3. The molecule has 0 aromatic heterocycles. The molecule has 1 aromatic carbocycles. The molecule has 0 aliphatic heterocycles. The molecule has 1 unspecified atom stereocenters. The van der Waals surface area contributed by atoms with Crippen LogP contribution in [0.2, 0.25) is 0 Å². The summed E-state index contributed by atoms with van der Waals surface area (Å²) in [6.07, 6.45) is 0.282. The number of ether oxygens (including phenoxy) is 2. The Balaban J connectivity index is 2.76. The first kappa shape index (κ1) is 13.8. The van der Waals surface area contributed by atoms with Crippen LogP contribution in [0.1, 0.15) is 28.4 Å². The van der Waals surface area contributed by atoms with E-state index in [-0.39, 0.29) is 11.9 Å². The van der Waals surface area contributed by atoms with Crippen molar-refractivity contribution in [3.05, 3.63) is 35.4 Å². The Morgan fingerprint density at radius 3 is 2.41 bits per heavy atom. The Labute approximate surface area is 102 Å². The topological polar surface area (TPSA) is 61.5 Å². The second-order valence-electron chi connectivity index (χ2n) is 3.76. The summed E-state index contributed by atoms with van der Waals surface area (Å²) < 4.78 is 10.4. The largest absolute Gasteiger partial charge is 0.382 e. The highest BCUT2D eigenvalue weighted by molar-refractivity contribution is 5.96. The minimum Gasteiger partial charge on any atom is -0.382 e. The van der Waals surface area contributed by atoms with E-state index in [0.29, 0.717) is 25.1 Å². The van der Waals surface area contributed by atoms with Crippen molar-refractivity contribution in [1.82, 2.24) is 0 Å². The number of hydrogen-bond acceptors (Lipinski definition) is 4. The number of benzene rings is 1. The average Bonchev–Trinajstić information content (AvgIpc) is 2.36. The van der Waals surface area contributed by atoms with E-state index in [1.807, 2.05) is 12.1 Å². The van der Waals surface area contributed by atoms with Crippen LogP contribution in [-0.4, -0.2) is 33.2 Å². The second-order valence-corrected chi connectivity index (χ2v) is 3.76. The minimum absolute atomic E-state index is 0.0692. The summed E-state index contributed by atoms with van der Waals surface area (Å²) in [7, 11) is 3.27. The lowest BCUT2D eigenvalue weighted by Crippen LogP contribution is -2.10. The van der Waals surface area contributed by atoms with Gasteiger partial charge in [0.15, 0.2) is 5.78 Å². The Hall–Kier alpha value is -1.23. The monoisotopic (exact) mass is 237 g/mol. The normalized spacial score (nSPS) is 12.4. The molecule has 4 nitrogen and oxygen atoms in total. The lowest BCUT2D eigenvalue weighted by Gasteiger charge is -2.14. The summed E-state index contributed by atoms with van der Waals surface area (Å²) in [5, 5.41) is 0. The van der Waals surface area contributed by atoms with Gasteiger partial charge in [-0.05, 0) is 12.1 Å². The van der Waals surface area contributed by atoms with Gasteiger partial charge in [-0.25, -0.2) is 0 Å². The van der Waals surface area contributed by atoms with E-state index in [0.717, 1.165) is 5.56 Å². The van der Waals surface area contributed by atoms with Crippen LogP contribution in [0.4, 0.5) is 0 Å². The van der Waals surface area contributed by atoms with Crippen molar-refractivity contribution < 1.29 is 14.3 Å². The van der Waals surface area contributed by atoms with Crippen LogP contribution in [0, 0.1) is 0 Å². The Morgan fingerprint density at radius 2 is 1.94 bits per heavy atom. The molecule has 1 rings (SSSR count). The summed E-state index contributed by atoms with van der Waals surface area (Å²) in [6.45, 7) is 0.873. The molecule has 94 valence electrons. The third kappa shape index (κ3) is 3.93. The average molecular weight is 237 g/mol. The van der Waals surface area contributed by atoms with Crippen molar-refractivity contribution in [2.45, 2.75) is 12.5 Å². The smallest absolute Gasteiger partial charge is 0.164 e. The van der Waals surface area contributed by atoms with Crippen LogP contribution in [0.5, 0.6) is 0 Å². The van der Waals surface area contributed by atoms with Gasteiger partial charge in [-0.1, -0.05) is 24.3 Å². The van der Waals surface area contributed by atoms with Crippen molar-refractivity contribution in [3.63, 3.8) is 0 Å². The van der Waals surface area contributed by atoms with E-state index in [2.05, 4.69) is 0 Å². The highest BCUT2D eigenvalue weighted by Gasteiger charge is 2.11. The molecular formula is C13H19NO3. The van der Waals surface area contributed by atoms with Crippen LogP contribution in [0.3, 0.4) is 0 Å². The first-order valence-electron chi connectivity index (χ1n) is 5.58. The Kier molecular flexibility index (Phi) is 5.83. The van der Waals surface area contributed by atoms with Crippen LogP contribution in [0.25, 0.3) is 0 Å². The number of ketones is 1.